The first-order chi connectivity index (χ1) is 15.7. The van der Waals surface area contributed by atoms with E-state index in [1.54, 1.807) is 12.1 Å². The highest BCUT2D eigenvalue weighted by Crippen LogP contribution is 2.49. The predicted octanol–water partition coefficient (Wildman–Crippen LogP) is 10.8. The zero-order chi connectivity index (χ0) is 23.9. The molecule has 4 aromatic rings. The topological polar surface area (TPSA) is 49.7 Å². The third kappa shape index (κ3) is 5.23. The molecule has 0 bridgehead atoms. The standard InChI is InChI=1S/C24H12Br6O3/c25-11-1-3-13(19(31)9-11)15-5-7-17(27)23(21(15)29)33-24-18(28)8-6-16(22(24)30)14-4-2-12(26)10-20(14)32/h1-10,31-32H. The van der Waals surface area contributed by atoms with E-state index in [2.05, 4.69) is 95.6 Å². The van der Waals surface area contributed by atoms with Gasteiger partial charge in [-0.3, -0.25) is 0 Å². The van der Waals surface area contributed by atoms with Crippen LogP contribution in [0.5, 0.6) is 23.0 Å². The number of benzene rings is 4. The van der Waals surface area contributed by atoms with Gasteiger partial charge in [0.05, 0.1) is 17.9 Å². The summed E-state index contributed by atoms with van der Waals surface area (Å²) in [6.07, 6.45) is 0. The van der Waals surface area contributed by atoms with Crippen LogP contribution in [0.25, 0.3) is 22.3 Å². The first kappa shape index (κ1) is 25.3. The van der Waals surface area contributed by atoms with Crippen LogP contribution in [0.4, 0.5) is 0 Å². The molecule has 0 aliphatic rings. The Hall–Kier alpha value is -0.840. The summed E-state index contributed by atoms with van der Waals surface area (Å²) in [6, 6.07) is 18.2. The summed E-state index contributed by atoms with van der Waals surface area (Å²) >= 11 is 21.2. The van der Waals surface area contributed by atoms with Crippen LogP contribution in [0.2, 0.25) is 0 Å². The van der Waals surface area contributed by atoms with Gasteiger partial charge in [0.15, 0.2) is 11.5 Å². The fourth-order valence-electron chi connectivity index (χ4n) is 3.24. The highest BCUT2D eigenvalue weighted by atomic mass is 79.9. The number of aromatic hydroxyl groups is 2. The van der Waals surface area contributed by atoms with Crippen LogP contribution in [-0.2, 0) is 0 Å². The van der Waals surface area contributed by atoms with E-state index in [0.717, 1.165) is 29.0 Å². The Bertz CT molecular complexity index is 1280. The zero-order valence-corrected chi connectivity index (χ0v) is 25.9. The molecule has 4 rings (SSSR count). The number of phenols is 2. The van der Waals surface area contributed by atoms with Crippen LogP contribution in [0.15, 0.2) is 87.5 Å². The lowest BCUT2D eigenvalue weighted by molar-refractivity contribution is 0.469. The Morgan fingerprint density at radius 1 is 0.485 bits per heavy atom. The average Bonchev–Trinajstić information content (AvgIpc) is 2.75. The average molecular weight is 828 g/mol. The number of hydrogen-bond acceptors (Lipinski definition) is 3. The minimum atomic E-state index is 0.147. The highest BCUT2D eigenvalue weighted by Gasteiger charge is 2.21. The van der Waals surface area contributed by atoms with Gasteiger partial charge in [-0.2, -0.15) is 0 Å². The van der Waals surface area contributed by atoms with Gasteiger partial charge >= 0.3 is 0 Å². The molecular formula is C24H12Br6O3. The van der Waals surface area contributed by atoms with Gasteiger partial charge in [-0.25, -0.2) is 0 Å². The first-order valence-corrected chi connectivity index (χ1v) is 14.0. The van der Waals surface area contributed by atoms with Gasteiger partial charge in [-0.1, -0.05) is 44.0 Å². The minimum absolute atomic E-state index is 0.147. The lowest BCUT2D eigenvalue weighted by atomic mass is 10.0. The molecule has 0 radical (unpaired) electrons. The second-order valence-corrected chi connectivity index (χ2v) is 12.0. The molecular weight excluding hydrogens is 816 g/mol. The van der Waals surface area contributed by atoms with Gasteiger partial charge < -0.3 is 14.9 Å². The van der Waals surface area contributed by atoms with Crippen LogP contribution in [0, 0.1) is 0 Å². The summed E-state index contributed by atoms with van der Waals surface area (Å²) in [4.78, 5) is 0. The summed E-state index contributed by atoms with van der Waals surface area (Å²) in [5, 5.41) is 20.9. The smallest absolute Gasteiger partial charge is 0.156 e. The maximum Gasteiger partial charge on any atom is 0.156 e. The third-order valence-electron chi connectivity index (χ3n) is 4.80. The predicted molar refractivity (Wildman–Crippen MR) is 153 cm³/mol. The maximum absolute atomic E-state index is 10.5. The van der Waals surface area contributed by atoms with E-state index in [-0.39, 0.29) is 11.5 Å². The summed E-state index contributed by atoms with van der Waals surface area (Å²) in [7, 11) is 0. The molecule has 0 unspecified atom stereocenters. The lowest BCUT2D eigenvalue weighted by Gasteiger charge is -2.18. The first-order valence-electron chi connectivity index (χ1n) is 9.29. The highest BCUT2D eigenvalue weighted by molar-refractivity contribution is 9.11. The molecule has 0 amide bonds. The SMILES string of the molecule is Oc1cc(Br)ccc1-c1ccc(Br)c(Oc2c(Br)ccc(-c3ccc(Br)cc3O)c2Br)c1Br. The molecule has 4 aromatic carbocycles. The van der Waals surface area contributed by atoms with Gasteiger partial charge in [-0.05, 0) is 112 Å². The Labute approximate surface area is 241 Å². The van der Waals surface area contributed by atoms with Crippen molar-refractivity contribution in [3.63, 3.8) is 0 Å². The van der Waals surface area contributed by atoms with Crippen molar-refractivity contribution in [1.29, 1.82) is 0 Å². The quantitative estimate of drug-likeness (QED) is 0.215. The molecule has 3 nitrogen and oxygen atoms in total. The molecule has 0 heterocycles. The summed E-state index contributed by atoms with van der Waals surface area (Å²) in [5.74, 6) is 1.36. The van der Waals surface area contributed by atoms with Crippen LogP contribution in [-0.4, -0.2) is 10.2 Å². The minimum Gasteiger partial charge on any atom is -0.507 e. The van der Waals surface area contributed by atoms with Crippen molar-refractivity contribution in [3.05, 3.63) is 87.5 Å². The Morgan fingerprint density at radius 2 is 0.848 bits per heavy atom. The molecule has 0 aliphatic carbocycles. The Morgan fingerprint density at radius 3 is 1.21 bits per heavy atom. The van der Waals surface area contributed by atoms with E-state index < -0.39 is 0 Å². The molecule has 0 aliphatic heterocycles. The van der Waals surface area contributed by atoms with Gasteiger partial charge in [-0.15, -0.1) is 0 Å². The normalized spacial score (nSPS) is 11.0. The summed E-state index contributed by atoms with van der Waals surface area (Å²) < 4.78 is 10.8. The van der Waals surface area contributed by atoms with E-state index in [9.17, 15) is 10.2 Å². The molecule has 0 spiro atoms. The molecule has 168 valence electrons. The number of phenolic OH excluding ortho intramolecular Hbond substituents is 2. The van der Waals surface area contributed by atoms with E-state index in [1.165, 1.54) is 0 Å². The lowest BCUT2D eigenvalue weighted by Crippen LogP contribution is -1.94. The Balaban J connectivity index is 1.83. The fraction of sp³-hybridized carbons (Fsp3) is 0. The molecule has 0 saturated carbocycles. The van der Waals surface area contributed by atoms with Crippen LogP contribution in [0.1, 0.15) is 0 Å². The van der Waals surface area contributed by atoms with E-state index in [1.807, 2.05) is 48.5 Å². The van der Waals surface area contributed by atoms with Crippen molar-refractivity contribution in [3.8, 4) is 45.3 Å². The molecule has 0 aromatic heterocycles. The van der Waals surface area contributed by atoms with Gasteiger partial charge in [0.25, 0.3) is 0 Å². The zero-order valence-electron chi connectivity index (χ0n) is 16.3. The van der Waals surface area contributed by atoms with Gasteiger partial charge in [0.2, 0.25) is 0 Å². The maximum atomic E-state index is 10.5. The van der Waals surface area contributed by atoms with Gasteiger partial charge in [0, 0.05) is 31.2 Å². The van der Waals surface area contributed by atoms with Crippen molar-refractivity contribution in [2.75, 3.05) is 0 Å². The van der Waals surface area contributed by atoms with Crippen molar-refractivity contribution in [1.82, 2.24) is 0 Å². The molecule has 0 atom stereocenters. The summed E-state index contributed by atoms with van der Waals surface area (Å²) in [6.45, 7) is 0. The van der Waals surface area contributed by atoms with Crippen LogP contribution < -0.4 is 4.74 Å². The van der Waals surface area contributed by atoms with Crippen LogP contribution >= 0.6 is 95.6 Å². The van der Waals surface area contributed by atoms with E-state index >= 15 is 0 Å². The van der Waals surface area contributed by atoms with Gasteiger partial charge in [0.1, 0.15) is 11.5 Å². The number of ether oxygens (including phenoxy) is 1. The third-order valence-corrected chi connectivity index (χ3v) is 8.61. The largest absolute Gasteiger partial charge is 0.507 e. The second kappa shape index (κ2) is 10.4. The molecule has 0 fully saturated rings. The number of hydrogen-bond donors (Lipinski definition) is 2. The van der Waals surface area contributed by atoms with E-state index in [4.69, 9.17) is 4.74 Å². The van der Waals surface area contributed by atoms with Crippen molar-refractivity contribution >= 4 is 95.6 Å². The van der Waals surface area contributed by atoms with Crippen LogP contribution in [0.3, 0.4) is 0 Å². The van der Waals surface area contributed by atoms with E-state index in [0.29, 0.717) is 31.6 Å². The van der Waals surface area contributed by atoms with Crippen molar-refractivity contribution in [2.24, 2.45) is 0 Å². The molecule has 9 heteroatoms. The monoisotopic (exact) mass is 822 g/mol. The molecule has 0 saturated heterocycles. The fourth-order valence-corrected chi connectivity index (χ4v) is 6.57. The van der Waals surface area contributed by atoms with Crippen molar-refractivity contribution in [2.45, 2.75) is 0 Å². The second-order valence-electron chi connectivity index (χ2n) is 6.90. The number of halogens is 6. The number of rotatable bonds is 4. The summed E-state index contributed by atoms with van der Waals surface area (Å²) in [5.41, 5.74) is 2.86. The molecule has 33 heavy (non-hydrogen) atoms. The Kier molecular flexibility index (Phi) is 7.97. The molecule has 2 N–H and O–H groups in total. The van der Waals surface area contributed by atoms with Crippen molar-refractivity contribution < 1.29 is 14.9 Å².